The first-order valence-corrected chi connectivity index (χ1v) is 9.61. The van der Waals surface area contributed by atoms with E-state index in [9.17, 15) is 13.2 Å². The molecule has 31 heavy (non-hydrogen) atoms. The molecule has 4 rings (SSSR count). The average Bonchev–Trinajstić information content (AvgIpc) is 3.14. The van der Waals surface area contributed by atoms with Gasteiger partial charge < -0.3 is 15.2 Å². The number of anilines is 4. The third kappa shape index (κ3) is 4.49. The van der Waals surface area contributed by atoms with Crippen LogP contribution in [0, 0.1) is 5.82 Å². The summed E-state index contributed by atoms with van der Waals surface area (Å²) in [6, 6.07) is -0.546. The minimum Gasteiger partial charge on any atom is -0.368 e. The maximum atomic E-state index is 13.6. The summed E-state index contributed by atoms with van der Waals surface area (Å²) in [5.41, 5.74) is 5.93. The topological polar surface area (TPSA) is 115 Å². The smallest absolute Gasteiger partial charge is 0.251 e. The van der Waals surface area contributed by atoms with Crippen LogP contribution in [-0.2, 0) is 7.05 Å². The van der Waals surface area contributed by atoms with Crippen molar-refractivity contribution in [3.8, 4) is 0 Å². The average molecular weight is 434 g/mol. The van der Waals surface area contributed by atoms with Crippen LogP contribution in [0.4, 0.5) is 36.8 Å². The molecule has 0 bridgehead atoms. The van der Waals surface area contributed by atoms with Crippen molar-refractivity contribution in [1.29, 1.82) is 0 Å². The molecule has 0 unspecified atom stereocenters. The standard InChI is InChI=1S/C18H21F3N10/c1-11(14-23-7-12(19)8-24-14)31(13-9-29(2)10-25-13)17-27-15(22)26-16(28-17)30-5-3-18(20,21)4-6-30/h7-11H,3-6H2,1-2H3,(H2,22,26,27,28)/t11-/m0/s1. The normalized spacial score (nSPS) is 16.9. The molecule has 10 nitrogen and oxygen atoms in total. The summed E-state index contributed by atoms with van der Waals surface area (Å²) in [6.45, 7) is 1.97. The number of nitrogen functional groups attached to an aromatic ring is 1. The Balaban J connectivity index is 1.73. The van der Waals surface area contributed by atoms with Crippen LogP contribution in [0.25, 0.3) is 0 Å². The number of hydrogen-bond donors (Lipinski definition) is 1. The highest BCUT2D eigenvalue weighted by atomic mass is 19.3. The van der Waals surface area contributed by atoms with E-state index in [1.165, 1.54) is 0 Å². The molecule has 0 radical (unpaired) electrons. The van der Waals surface area contributed by atoms with E-state index in [4.69, 9.17) is 5.73 Å². The SMILES string of the molecule is C[C@@H](c1ncc(F)cn1)N(c1cn(C)cn1)c1nc(N)nc(N2CCC(F)(F)CC2)n1. The fraction of sp³-hybridized carbons (Fsp3) is 0.444. The maximum Gasteiger partial charge on any atom is 0.251 e. The Bertz CT molecular complexity index is 1040. The molecule has 0 saturated carbocycles. The molecule has 1 atom stereocenters. The van der Waals surface area contributed by atoms with Crippen molar-refractivity contribution < 1.29 is 13.2 Å². The van der Waals surface area contributed by atoms with Gasteiger partial charge in [0.15, 0.2) is 17.5 Å². The highest BCUT2D eigenvalue weighted by Crippen LogP contribution is 2.33. The third-order valence-electron chi connectivity index (χ3n) is 4.96. The second kappa shape index (κ2) is 7.96. The molecule has 1 aliphatic rings. The lowest BCUT2D eigenvalue weighted by atomic mass is 10.1. The number of halogens is 3. The van der Waals surface area contributed by atoms with E-state index in [-0.39, 0.29) is 43.8 Å². The van der Waals surface area contributed by atoms with Gasteiger partial charge in [0.05, 0.1) is 24.8 Å². The van der Waals surface area contributed by atoms with Crippen molar-refractivity contribution in [3.63, 3.8) is 0 Å². The predicted molar refractivity (Wildman–Crippen MR) is 106 cm³/mol. The van der Waals surface area contributed by atoms with Gasteiger partial charge >= 0.3 is 0 Å². The summed E-state index contributed by atoms with van der Waals surface area (Å²) in [5, 5.41) is 0. The van der Waals surface area contributed by atoms with Crippen molar-refractivity contribution in [1.82, 2.24) is 34.5 Å². The minimum atomic E-state index is -2.70. The summed E-state index contributed by atoms with van der Waals surface area (Å²) in [4.78, 5) is 28.6. The number of nitrogens with zero attached hydrogens (tertiary/aromatic N) is 9. The molecule has 0 amide bonds. The van der Waals surface area contributed by atoms with Gasteiger partial charge in [0.2, 0.25) is 17.8 Å². The summed E-state index contributed by atoms with van der Waals surface area (Å²) in [6.07, 6.45) is 4.88. The van der Waals surface area contributed by atoms with Crippen LogP contribution in [0.2, 0.25) is 0 Å². The highest BCUT2D eigenvalue weighted by Gasteiger charge is 2.35. The van der Waals surface area contributed by atoms with Crippen LogP contribution in [0.15, 0.2) is 24.9 Å². The lowest BCUT2D eigenvalue weighted by Crippen LogP contribution is -2.40. The summed E-state index contributed by atoms with van der Waals surface area (Å²) >= 11 is 0. The Morgan fingerprint density at radius 3 is 2.39 bits per heavy atom. The third-order valence-corrected chi connectivity index (χ3v) is 4.96. The molecule has 164 valence electrons. The number of alkyl halides is 2. The van der Waals surface area contributed by atoms with Gasteiger partial charge in [-0.15, -0.1) is 0 Å². The van der Waals surface area contributed by atoms with Crippen LogP contribution >= 0.6 is 0 Å². The summed E-state index contributed by atoms with van der Waals surface area (Å²) in [7, 11) is 1.80. The Kier molecular flexibility index (Phi) is 5.33. The first-order chi connectivity index (χ1) is 14.7. The van der Waals surface area contributed by atoms with Gasteiger partial charge in [-0.1, -0.05) is 0 Å². The maximum absolute atomic E-state index is 13.6. The van der Waals surface area contributed by atoms with Gasteiger partial charge in [0, 0.05) is 39.2 Å². The largest absolute Gasteiger partial charge is 0.368 e. The zero-order chi connectivity index (χ0) is 22.2. The molecule has 0 aromatic carbocycles. The van der Waals surface area contributed by atoms with Crippen LogP contribution in [-0.4, -0.2) is 53.5 Å². The number of aryl methyl sites for hydroxylation is 1. The van der Waals surface area contributed by atoms with E-state index in [0.29, 0.717) is 11.6 Å². The van der Waals surface area contributed by atoms with Crippen molar-refractivity contribution in [2.75, 3.05) is 28.6 Å². The molecule has 13 heteroatoms. The Morgan fingerprint density at radius 2 is 1.77 bits per heavy atom. The van der Waals surface area contributed by atoms with Crippen molar-refractivity contribution in [2.45, 2.75) is 31.7 Å². The Morgan fingerprint density at radius 1 is 1.10 bits per heavy atom. The lowest BCUT2D eigenvalue weighted by Gasteiger charge is -2.32. The molecule has 1 saturated heterocycles. The zero-order valence-corrected chi connectivity index (χ0v) is 17.0. The Hall–Kier alpha value is -3.51. The van der Waals surface area contributed by atoms with Gasteiger partial charge in [0.1, 0.15) is 0 Å². The molecule has 2 N–H and O–H groups in total. The van der Waals surface area contributed by atoms with E-state index >= 15 is 0 Å². The van der Waals surface area contributed by atoms with Gasteiger partial charge in [0.25, 0.3) is 5.92 Å². The zero-order valence-electron chi connectivity index (χ0n) is 17.0. The van der Waals surface area contributed by atoms with Gasteiger partial charge in [-0.05, 0) is 6.92 Å². The van der Waals surface area contributed by atoms with Gasteiger partial charge in [-0.2, -0.15) is 15.0 Å². The quantitative estimate of drug-likeness (QED) is 0.646. The van der Waals surface area contributed by atoms with E-state index in [2.05, 4.69) is 29.9 Å². The number of nitrogens with two attached hydrogens (primary N) is 1. The number of rotatable bonds is 5. The summed E-state index contributed by atoms with van der Waals surface area (Å²) < 4.78 is 42.2. The first-order valence-electron chi connectivity index (χ1n) is 9.61. The number of imidazole rings is 1. The van der Waals surface area contributed by atoms with Crippen molar-refractivity contribution in [2.24, 2.45) is 7.05 Å². The molecule has 0 aliphatic carbocycles. The van der Waals surface area contributed by atoms with E-state index in [0.717, 1.165) is 12.4 Å². The molecule has 1 fully saturated rings. The molecule has 1 aliphatic heterocycles. The van der Waals surface area contributed by atoms with Crippen LogP contribution in [0.3, 0.4) is 0 Å². The number of aromatic nitrogens is 7. The Labute approximate surface area is 176 Å². The number of piperidine rings is 1. The minimum absolute atomic E-state index is 0.0644. The molecule has 3 aromatic rings. The van der Waals surface area contributed by atoms with Gasteiger partial charge in [-0.25, -0.2) is 28.1 Å². The van der Waals surface area contributed by atoms with E-state index in [1.54, 1.807) is 40.9 Å². The molecule has 3 aromatic heterocycles. The summed E-state index contributed by atoms with van der Waals surface area (Å²) in [5.74, 6) is -2.19. The predicted octanol–water partition coefficient (Wildman–Crippen LogP) is 2.25. The van der Waals surface area contributed by atoms with Crippen LogP contribution < -0.4 is 15.5 Å². The molecule has 0 spiro atoms. The second-order valence-corrected chi connectivity index (χ2v) is 7.34. The van der Waals surface area contributed by atoms with Crippen molar-refractivity contribution >= 4 is 23.7 Å². The number of hydrogen-bond acceptors (Lipinski definition) is 9. The molecule has 4 heterocycles. The first kappa shape index (κ1) is 20.8. The second-order valence-electron chi connectivity index (χ2n) is 7.34. The highest BCUT2D eigenvalue weighted by molar-refractivity contribution is 5.56. The lowest BCUT2D eigenvalue weighted by molar-refractivity contribution is -0.0222. The van der Waals surface area contributed by atoms with Crippen LogP contribution in [0.1, 0.15) is 31.6 Å². The van der Waals surface area contributed by atoms with E-state index in [1.807, 2.05) is 0 Å². The molecular formula is C18H21F3N10. The van der Waals surface area contributed by atoms with Crippen molar-refractivity contribution in [3.05, 3.63) is 36.6 Å². The fourth-order valence-corrected chi connectivity index (χ4v) is 3.30. The van der Waals surface area contributed by atoms with Crippen LogP contribution in [0.5, 0.6) is 0 Å². The monoisotopic (exact) mass is 434 g/mol. The van der Waals surface area contributed by atoms with E-state index < -0.39 is 17.8 Å². The fourth-order valence-electron chi connectivity index (χ4n) is 3.30. The molecular weight excluding hydrogens is 413 g/mol. The van der Waals surface area contributed by atoms with Gasteiger partial charge in [-0.3, -0.25) is 4.90 Å².